The number of carbonyl (C=O) groups is 3. The van der Waals surface area contributed by atoms with Crippen molar-refractivity contribution in [2.24, 2.45) is 11.7 Å². The van der Waals surface area contributed by atoms with Crippen LogP contribution in [0, 0.1) is 5.92 Å². The fraction of sp³-hybridized carbons (Fsp3) is 0.276. The topological polar surface area (TPSA) is 111 Å². The van der Waals surface area contributed by atoms with Crippen LogP contribution in [0.4, 0.5) is 10.5 Å². The summed E-state index contributed by atoms with van der Waals surface area (Å²) in [5, 5.41) is 5.44. The molecule has 4 rings (SSSR count). The number of primary amides is 1. The van der Waals surface area contributed by atoms with Crippen LogP contribution in [0.5, 0.6) is 0 Å². The second kappa shape index (κ2) is 10.2. The standard InChI is InChI=1S/C29H31N3O4/c1-18(26(33)32-29(2,3)27(30)34)16-19-12-14-20(15-13-19)31-28(35)36-17-25-23-10-6-4-8-21(23)22-9-5-7-11-24(22)25/h4-15,18,25H,16-17H2,1-3H3,(H2,30,34)(H,31,35)(H,32,33)/t18-/m0/s1. The van der Waals surface area contributed by atoms with Crippen LogP contribution in [-0.4, -0.2) is 30.1 Å². The Hall–Kier alpha value is -4.13. The fourth-order valence-electron chi connectivity index (χ4n) is 4.42. The van der Waals surface area contributed by atoms with E-state index in [0.29, 0.717) is 12.1 Å². The van der Waals surface area contributed by atoms with E-state index < -0.39 is 17.5 Å². The van der Waals surface area contributed by atoms with Crippen molar-refractivity contribution >= 4 is 23.6 Å². The third kappa shape index (κ3) is 5.40. The van der Waals surface area contributed by atoms with E-state index in [1.54, 1.807) is 32.9 Å². The summed E-state index contributed by atoms with van der Waals surface area (Å²) in [5.74, 6) is -1.20. The van der Waals surface area contributed by atoms with Crippen LogP contribution in [0.1, 0.15) is 43.4 Å². The van der Waals surface area contributed by atoms with Crippen molar-refractivity contribution in [2.75, 3.05) is 11.9 Å². The zero-order valence-electron chi connectivity index (χ0n) is 20.7. The Morgan fingerprint density at radius 2 is 1.47 bits per heavy atom. The van der Waals surface area contributed by atoms with Gasteiger partial charge in [-0.25, -0.2) is 4.79 Å². The molecule has 3 amide bonds. The van der Waals surface area contributed by atoms with E-state index >= 15 is 0 Å². The van der Waals surface area contributed by atoms with Gasteiger partial charge in [-0.2, -0.15) is 0 Å². The van der Waals surface area contributed by atoms with Crippen molar-refractivity contribution in [1.29, 1.82) is 0 Å². The van der Waals surface area contributed by atoms with Crippen molar-refractivity contribution < 1.29 is 19.1 Å². The Morgan fingerprint density at radius 1 is 0.917 bits per heavy atom. The molecule has 0 bridgehead atoms. The summed E-state index contributed by atoms with van der Waals surface area (Å²) in [4.78, 5) is 36.4. The van der Waals surface area contributed by atoms with Crippen LogP contribution in [0.15, 0.2) is 72.8 Å². The molecular weight excluding hydrogens is 454 g/mol. The normalized spacial score (nSPS) is 13.3. The quantitative estimate of drug-likeness (QED) is 0.433. The van der Waals surface area contributed by atoms with Crippen LogP contribution in [0.3, 0.4) is 0 Å². The van der Waals surface area contributed by atoms with Crippen molar-refractivity contribution in [3.63, 3.8) is 0 Å². The van der Waals surface area contributed by atoms with Gasteiger partial charge in [-0.15, -0.1) is 0 Å². The molecule has 7 heteroatoms. The van der Waals surface area contributed by atoms with Crippen LogP contribution < -0.4 is 16.4 Å². The van der Waals surface area contributed by atoms with Crippen molar-refractivity contribution in [2.45, 2.75) is 38.6 Å². The molecule has 0 aliphatic heterocycles. The molecular formula is C29H31N3O4. The molecule has 0 radical (unpaired) electrons. The summed E-state index contributed by atoms with van der Waals surface area (Å²) in [6.07, 6.45) is -0.0441. The molecule has 0 aromatic heterocycles. The summed E-state index contributed by atoms with van der Waals surface area (Å²) in [6, 6.07) is 23.6. The lowest BCUT2D eigenvalue weighted by Crippen LogP contribution is -2.54. The second-order valence-corrected chi connectivity index (χ2v) is 9.73. The third-order valence-corrected chi connectivity index (χ3v) is 6.59. The van der Waals surface area contributed by atoms with E-state index in [9.17, 15) is 14.4 Å². The van der Waals surface area contributed by atoms with Gasteiger partial charge in [-0.05, 0) is 60.2 Å². The summed E-state index contributed by atoms with van der Waals surface area (Å²) in [6.45, 7) is 5.18. The molecule has 7 nitrogen and oxygen atoms in total. The second-order valence-electron chi connectivity index (χ2n) is 9.73. The van der Waals surface area contributed by atoms with Gasteiger partial charge in [-0.1, -0.05) is 67.6 Å². The molecule has 3 aromatic carbocycles. The molecule has 0 saturated heterocycles. The van der Waals surface area contributed by atoms with E-state index in [2.05, 4.69) is 34.9 Å². The van der Waals surface area contributed by atoms with Gasteiger partial charge in [0.1, 0.15) is 12.1 Å². The minimum Gasteiger partial charge on any atom is -0.448 e. The molecule has 0 unspecified atom stereocenters. The molecule has 0 spiro atoms. The maximum Gasteiger partial charge on any atom is 0.411 e. The van der Waals surface area contributed by atoms with Gasteiger partial charge in [0.2, 0.25) is 11.8 Å². The Bertz CT molecular complexity index is 1240. The maximum absolute atomic E-state index is 12.5. The number of ether oxygens (including phenoxy) is 1. The number of benzene rings is 3. The lowest BCUT2D eigenvalue weighted by atomic mass is 9.97. The summed E-state index contributed by atoms with van der Waals surface area (Å²) >= 11 is 0. The van der Waals surface area contributed by atoms with Crippen molar-refractivity contribution in [3.05, 3.63) is 89.5 Å². The number of carbonyl (C=O) groups excluding carboxylic acids is 3. The SMILES string of the molecule is C[C@@H](Cc1ccc(NC(=O)OCC2c3ccccc3-c3ccccc32)cc1)C(=O)NC(C)(C)C(N)=O. The maximum atomic E-state index is 12.5. The monoisotopic (exact) mass is 485 g/mol. The highest BCUT2D eigenvalue weighted by atomic mass is 16.5. The average Bonchev–Trinajstić information content (AvgIpc) is 3.17. The summed E-state index contributed by atoms with van der Waals surface area (Å²) in [7, 11) is 0. The molecule has 1 aliphatic rings. The minimum atomic E-state index is -1.11. The lowest BCUT2D eigenvalue weighted by molar-refractivity contribution is -0.132. The van der Waals surface area contributed by atoms with E-state index in [4.69, 9.17) is 10.5 Å². The number of hydrogen-bond acceptors (Lipinski definition) is 4. The van der Waals surface area contributed by atoms with E-state index in [0.717, 1.165) is 16.7 Å². The highest BCUT2D eigenvalue weighted by molar-refractivity contribution is 5.90. The van der Waals surface area contributed by atoms with E-state index in [-0.39, 0.29) is 24.3 Å². The number of anilines is 1. The van der Waals surface area contributed by atoms with Crippen molar-refractivity contribution in [1.82, 2.24) is 5.32 Å². The zero-order chi connectivity index (χ0) is 25.9. The van der Waals surface area contributed by atoms with Crippen LogP contribution in [-0.2, 0) is 20.7 Å². The molecule has 3 aromatic rings. The molecule has 1 aliphatic carbocycles. The zero-order valence-corrected chi connectivity index (χ0v) is 20.7. The Balaban J connectivity index is 1.31. The molecule has 186 valence electrons. The van der Waals surface area contributed by atoms with Gasteiger partial charge < -0.3 is 15.8 Å². The smallest absolute Gasteiger partial charge is 0.411 e. The van der Waals surface area contributed by atoms with Gasteiger partial charge in [0.25, 0.3) is 0 Å². The first-order valence-electron chi connectivity index (χ1n) is 12.0. The number of nitrogens with two attached hydrogens (primary N) is 1. The Kier molecular flexibility index (Phi) is 7.10. The largest absolute Gasteiger partial charge is 0.448 e. The number of fused-ring (bicyclic) bond motifs is 3. The van der Waals surface area contributed by atoms with Gasteiger partial charge in [0.05, 0.1) is 0 Å². The van der Waals surface area contributed by atoms with Gasteiger partial charge in [0.15, 0.2) is 0 Å². The molecule has 0 fully saturated rings. The molecule has 0 saturated carbocycles. The van der Waals surface area contributed by atoms with E-state index in [1.807, 2.05) is 36.4 Å². The molecule has 36 heavy (non-hydrogen) atoms. The summed E-state index contributed by atoms with van der Waals surface area (Å²) in [5.41, 5.74) is 10.4. The highest BCUT2D eigenvalue weighted by Crippen LogP contribution is 2.44. The predicted molar refractivity (Wildman–Crippen MR) is 139 cm³/mol. The number of amides is 3. The Morgan fingerprint density at radius 3 is 2.03 bits per heavy atom. The van der Waals surface area contributed by atoms with Crippen LogP contribution in [0.25, 0.3) is 11.1 Å². The van der Waals surface area contributed by atoms with Crippen molar-refractivity contribution in [3.8, 4) is 11.1 Å². The third-order valence-electron chi connectivity index (χ3n) is 6.59. The van der Waals surface area contributed by atoms with Crippen LogP contribution >= 0.6 is 0 Å². The molecule has 4 N–H and O–H groups in total. The van der Waals surface area contributed by atoms with E-state index in [1.165, 1.54) is 11.1 Å². The fourth-order valence-corrected chi connectivity index (χ4v) is 4.42. The summed E-state index contributed by atoms with van der Waals surface area (Å²) < 4.78 is 5.59. The van der Waals surface area contributed by atoms with Gasteiger partial charge in [0, 0.05) is 17.5 Å². The first-order chi connectivity index (χ1) is 17.2. The number of rotatable bonds is 8. The number of hydrogen-bond donors (Lipinski definition) is 3. The predicted octanol–water partition coefficient (Wildman–Crippen LogP) is 4.61. The molecule has 0 heterocycles. The van der Waals surface area contributed by atoms with Gasteiger partial charge >= 0.3 is 6.09 Å². The first-order valence-corrected chi connectivity index (χ1v) is 12.0. The highest BCUT2D eigenvalue weighted by Gasteiger charge is 2.30. The lowest BCUT2D eigenvalue weighted by Gasteiger charge is -2.24. The van der Waals surface area contributed by atoms with Crippen LogP contribution in [0.2, 0.25) is 0 Å². The Labute approximate surface area is 211 Å². The first kappa shape index (κ1) is 25.0. The molecule has 1 atom stereocenters. The number of nitrogens with one attached hydrogen (secondary N) is 2. The minimum absolute atomic E-state index is 0.00213. The van der Waals surface area contributed by atoms with Gasteiger partial charge in [-0.3, -0.25) is 14.9 Å². The average molecular weight is 486 g/mol.